The summed E-state index contributed by atoms with van der Waals surface area (Å²) in [4.78, 5) is 31.3. The van der Waals surface area contributed by atoms with Crippen molar-refractivity contribution < 1.29 is 19.4 Å². The Morgan fingerprint density at radius 3 is 2.58 bits per heavy atom. The normalized spacial score (nSPS) is 19.3. The largest absolute Gasteiger partial charge is 0.444 e. The Labute approximate surface area is 222 Å². The summed E-state index contributed by atoms with van der Waals surface area (Å²) >= 11 is 0. The van der Waals surface area contributed by atoms with Crippen LogP contribution in [0.1, 0.15) is 44.9 Å². The highest BCUT2D eigenvalue weighted by Crippen LogP contribution is 2.35. The molecule has 0 aromatic carbocycles. The van der Waals surface area contributed by atoms with Gasteiger partial charge in [0.2, 0.25) is 5.95 Å². The minimum absolute atomic E-state index is 0.0216. The van der Waals surface area contributed by atoms with Gasteiger partial charge in [0.25, 0.3) is 0 Å². The summed E-state index contributed by atoms with van der Waals surface area (Å²) in [5.74, 6) is 1.75. The maximum absolute atomic E-state index is 12.9. The number of aryl methyl sites for hydroxylation is 1. The standard InChI is InChI=1S/C26H36N8O4/c1-16-8-9-27-20(12-16)28-23-22-21(19(15-37-5)31-33(22)10-11-35)29-24(30-23)32-13-17-6-7-18(14-32)34(17)25(36)38-26(2,3)4/h8-9,12,17-18,35H,6-7,10-11,13-15H2,1-5H3,(H,27,28,29,30). The minimum Gasteiger partial charge on any atom is -0.444 e. The fourth-order valence-corrected chi connectivity index (χ4v) is 5.26. The number of aromatic nitrogens is 5. The molecule has 2 unspecified atom stereocenters. The number of piperazine rings is 1. The number of fused-ring (bicyclic) bond motifs is 3. The first-order valence-electron chi connectivity index (χ1n) is 13.0. The van der Waals surface area contributed by atoms with E-state index in [0.717, 1.165) is 18.4 Å². The number of methoxy groups -OCH3 is 1. The van der Waals surface area contributed by atoms with E-state index in [9.17, 15) is 9.90 Å². The Morgan fingerprint density at radius 2 is 1.95 bits per heavy atom. The lowest BCUT2D eigenvalue weighted by atomic mass is 10.2. The third-order valence-corrected chi connectivity index (χ3v) is 6.77. The van der Waals surface area contributed by atoms with E-state index in [4.69, 9.17) is 19.4 Å². The van der Waals surface area contributed by atoms with Gasteiger partial charge in [-0.2, -0.15) is 10.1 Å². The predicted octanol–water partition coefficient (Wildman–Crippen LogP) is 3.00. The Balaban J connectivity index is 1.53. The number of pyridine rings is 1. The number of aliphatic hydroxyl groups is 1. The summed E-state index contributed by atoms with van der Waals surface area (Å²) in [6.45, 7) is 9.35. The topological polar surface area (TPSA) is 131 Å². The summed E-state index contributed by atoms with van der Waals surface area (Å²) in [7, 11) is 1.61. The van der Waals surface area contributed by atoms with Crippen molar-refractivity contribution in [3.63, 3.8) is 0 Å². The monoisotopic (exact) mass is 524 g/mol. The van der Waals surface area contributed by atoms with Crippen LogP contribution in [0.25, 0.3) is 11.0 Å². The molecule has 5 rings (SSSR count). The molecule has 2 aliphatic rings. The number of aliphatic hydroxyl groups excluding tert-OH is 1. The lowest BCUT2D eigenvalue weighted by Gasteiger charge is -2.41. The molecular weight excluding hydrogens is 488 g/mol. The molecule has 2 N–H and O–H groups in total. The fourth-order valence-electron chi connectivity index (χ4n) is 5.26. The Morgan fingerprint density at radius 1 is 1.21 bits per heavy atom. The van der Waals surface area contributed by atoms with Crippen molar-refractivity contribution >= 4 is 34.7 Å². The second kappa shape index (κ2) is 10.3. The van der Waals surface area contributed by atoms with E-state index in [1.807, 2.05) is 44.7 Å². The first-order chi connectivity index (χ1) is 18.2. The third-order valence-electron chi connectivity index (χ3n) is 6.77. The molecular formula is C26H36N8O4. The van der Waals surface area contributed by atoms with Crippen molar-refractivity contribution in [2.45, 2.75) is 71.4 Å². The molecule has 204 valence electrons. The van der Waals surface area contributed by atoms with Gasteiger partial charge in [-0.25, -0.2) is 14.8 Å². The van der Waals surface area contributed by atoms with Crippen molar-refractivity contribution in [3.8, 4) is 0 Å². The zero-order valence-corrected chi connectivity index (χ0v) is 22.6. The predicted molar refractivity (Wildman–Crippen MR) is 142 cm³/mol. The number of rotatable bonds is 7. The minimum atomic E-state index is -0.543. The van der Waals surface area contributed by atoms with Crippen molar-refractivity contribution in [2.24, 2.45) is 0 Å². The number of carbonyl (C=O) groups is 1. The number of anilines is 3. The van der Waals surface area contributed by atoms with Gasteiger partial charge in [0.1, 0.15) is 28.1 Å². The lowest BCUT2D eigenvalue weighted by molar-refractivity contribution is 0.0122. The van der Waals surface area contributed by atoms with Crippen molar-refractivity contribution in [1.29, 1.82) is 0 Å². The highest BCUT2D eigenvalue weighted by Gasteiger charge is 2.45. The van der Waals surface area contributed by atoms with Crippen LogP contribution in [0.15, 0.2) is 18.3 Å². The third kappa shape index (κ3) is 5.23. The van der Waals surface area contributed by atoms with E-state index in [1.165, 1.54) is 0 Å². The SMILES string of the molecule is COCc1nn(CCO)c2c(Nc3cc(C)ccn3)nc(N3CC4CCC(C3)N4C(=O)OC(C)(C)C)nc12. The molecule has 2 bridgehead atoms. The molecule has 2 saturated heterocycles. The van der Waals surface area contributed by atoms with Crippen LogP contribution in [0.3, 0.4) is 0 Å². The summed E-state index contributed by atoms with van der Waals surface area (Å²) < 4.78 is 12.8. The van der Waals surface area contributed by atoms with Gasteiger partial charge in [0.15, 0.2) is 5.82 Å². The molecule has 12 nitrogen and oxygen atoms in total. The van der Waals surface area contributed by atoms with Gasteiger partial charge in [-0.1, -0.05) is 0 Å². The molecule has 0 aliphatic carbocycles. The van der Waals surface area contributed by atoms with Gasteiger partial charge >= 0.3 is 6.09 Å². The Kier molecular flexibility index (Phi) is 7.10. The van der Waals surface area contributed by atoms with Crippen molar-refractivity contribution in [3.05, 3.63) is 29.6 Å². The summed E-state index contributed by atoms with van der Waals surface area (Å²) in [5, 5.41) is 17.7. The highest BCUT2D eigenvalue weighted by atomic mass is 16.6. The van der Waals surface area contributed by atoms with Crippen LogP contribution in [0.5, 0.6) is 0 Å². The van der Waals surface area contributed by atoms with Crippen LogP contribution in [-0.4, -0.2) is 85.3 Å². The zero-order chi connectivity index (χ0) is 27.0. The van der Waals surface area contributed by atoms with Gasteiger partial charge in [0, 0.05) is 26.4 Å². The average Bonchev–Trinajstić information content (AvgIpc) is 3.32. The number of nitrogens with one attached hydrogen (secondary N) is 1. The molecule has 3 aromatic rings. The molecule has 0 radical (unpaired) electrons. The highest BCUT2D eigenvalue weighted by molar-refractivity contribution is 5.90. The van der Waals surface area contributed by atoms with E-state index in [-0.39, 0.29) is 37.9 Å². The van der Waals surface area contributed by atoms with Gasteiger partial charge in [-0.3, -0.25) is 9.58 Å². The first-order valence-corrected chi connectivity index (χ1v) is 13.0. The molecule has 38 heavy (non-hydrogen) atoms. The molecule has 5 heterocycles. The fraction of sp³-hybridized carbons (Fsp3) is 0.577. The van der Waals surface area contributed by atoms with Crippen LogP contribution in [0.2, 0.25) is 0 Å². The molecule has 0 saturated carbocycles. The van der Waals surface area contributed by atoms with E-state index < -0.39 is 5.60 Å². The average molecular weight is 525 g/mol. The number of ether oxygens (including phenoxy) is 2. The molecule has 1 amide bonds. The van der Waals surface area contributed by atoms with Gasteiger partial charge in [-0.15, -0.1) is 0 Å². The summed E-state index contributed by atoms with van der Waals surface area (Å²) in [6.07, 6.45) is 3.29. The van der Waals surface area contributed by atoms with E-state index >= 15 is 0 Å². The van der Waals surface area contributed by atoms with Gasteiger partial charge < -0.3 is 24.8 Å². The number of amides is 1. The van der Waals surface area contributed by atoms with E-state index in [2.05, 4.69) is 20.3 Å². The first kappa shape index (κ1) is 26.1. The zero-order valence-electron chi connectivity index (χ0n) is 22.6. The van der Waals surface area contributed by atoms with Gasteiger partial charge in [-0.05, 0) is 58.2 Å². The molecule has 2 aliphatic heterocycles. The van der Waals surface area contributed by atoms with Crippen LogP contribution >= 0.6 is 0 Å². The smallest absolute Gasteiger partial charge is 0.410 e. The summed E-state index contributed by atoms with van der Waals surface area (Å²) in [5.41, 5.74) is 2.51. The molecule has 2 fully saturated rings. The lowest BCUT2D eigenvalue weighted by Crippen LogP contribution is -2.57. The van der Waals surface area contributed by atoms with Crippen molar-refractivity contribution in [1.82, 2.24) is 29.6 Å². The second-order valence-corrected chi connectivity index (χ2v) is 10.9. The number of nitrogens with zero attached hydrogens (tertiary/aromatic N) is 7. The quantitative estimate of drug-likeness (QED) is 0.475. The summed E-state index contributed by atoms with van der Waals surface area (Å²) in [6, 6.07) is 3.91. The molecule has 2 atom stereocenters. The Hall–Kier alpha value is -3.51. The number of carbonyl (C=O) groups excluding carboxylic acids is 1. The van der Waals surface area contributed by atoms with Crippen LogP contribution in [0, 0.1) is 6.92 Å². The maximum Gasteiger partial charge on any atom is 0.410 e. The van der Waals surface area contributed by atoms with E-state index in [0.29, 0.717) is 47.4 Å². The van der Waals surface area contributed by atoms with Crippen molar-refractivity contribution in [2.75, 3.05) is 37.0 Å². The molecule has 12 heteroatoms. The van der Waals surface area contributed by atoms with Crippen LogP contribution in [0.4, 0.5) is 22.4 Å². The Bertz CT molecular complexity index is 1310. The maximum atomic E-state index is 12.9. The van der Waals surface area contributed by atoms with Crippen LogP contribution in [-0.2, 0) is 22.6 Å². The second-order valence-electron chi connectivity index (χ2n) is 10.9. The number of hydrogen-bond donors (Lipinski definition) is 2. The van der Waals surface area contributed by atoms with Gasteiger partial charge in [0.05, 0.1) is 31.8 Å². The molecule has 3 aromatic heterocycles. The van der Waals surface area contributed by atoms with Crippen LogP contribution < -0.4 is 10.2 Å². The number of hydrogen-bond acceptors (Lipinski definition) is 10. The molecule has 0 spiro atoms. The van der Waals surface area contributed by atoms with E-state index in [1.54, 1.807) is 18.0 Å².